The van der Waals surface area contributed by atoms with E-state index in [-0.39, 0.29) is 0 Å². The average Bonchev–Trinajstić information content (AvgIpc) is 2.82. The predicted octanol–water partition coefficient (Wildman–Crippen LogP) is 2.45. The highest BCUT2D eigenvalue weighted by atomic mass is 79.9. The van der Waals surface area contributed by atoms with Gasteiger partial charge in [-0.1, -0.05) is 11.3 Å². The standard InChI is InChI=1S/C9H9BrN4S/c10-9-13-6-7(14-3-1-2-4-14)11-5-12-8(6)15-9/h5H,1-4H2. The van der Waals surface area contributed by atoms with E-state index in [2.05, 4.69) is 35.8 Å². The number of nitrogens with zero attached hydrogens (tertiary/aromatic N) is 4. The van der Waals surface area contributed by atoms with E-state index in [0.717, 1.165) is 33.2 Å². The van der Waals surface area contributed by atoms with Crippen molar-refractivity contribution in [3.05, 3.63) is 10.2 Å². The Hall–Kier alpha value is -0.750. The summed E-state index contributed by atoms with van der Waals surface area (Å²) in [6.07, 6.45) is 4.12. The summed E-state index contributed by atoms with van der Waals surface area (Å²) in [5.41, 5.74) is 0.927. The summed E-state index contributed by atoms with van der Waals surface area (Å²) in [7, 11) is 0. The molecule has 2 aromatic heterocycles. The van der Waals surface area contributed by atoms with E-state index in [0.29, 0.717) is 0 Å². The van der Waals surface area contributed by atoms with Gasteiger partial charge < -0.3 is 4.90 Å². The lowest BCUT2D eigenvalue weighted by Gasteiger charge is -2.15. The minimum Gasteiger partial charge on any atom is -0.355 e. The van der Waals surface area contributed by atoms with Crippen molar-refractivity contribution in [2.24, 2.45) is 0 Å². The minimum absolute atomic E-state index is 0.874. The zero-order valence-electron chi connectivity index (χ0n) is 7.98. The fraction of sp³-hybridized carbons (Fsp3) is 0.444. The van der Waals surface area contributed by atoms with E-state index in [1.807, 2.05) is 0 Å². The lowest BCUT2D eigenvalue weighted by molar-refractivity contribution is 0.937. The SMILES string of the molecule is Brc1nc2c(N3CCCC3)ncnc2s1. The Morgan fingerprint density at radius 2 is 2.07 bits per heavy atom. The van der Waals surface area contributed by atoms with Crippen molar-refractivity contribution >= 4 is 43.4 Å². The van der Waals surface area contributed by atoms with Crippen LogP contribution in [-0.2, 0) is 0 Å². The third-order valence-electron chi connectivity index (χ3n) is 2.56. The van der Waals surface area contributed by atoms with Gasteiger partial charge in [0.15, 0.2) is 9.73 Å². The molecule has 3 rings (SSSR count). The maximum absolute atomic E-state index is 4.43. The third-order valence-corrected chi connectivity index (χ3v) is 3.97. The molecule has 0 radical (unpaired) electrons. The van der Waals surface area contributed by atoms with E-state index in [1.54, 1.807) is 17.7 Å². The largest absolute Gasteiger partial charge is 0.355 e. The minimum atomic E-state index is 0.874. The van der Waals surface area contributed by atoms with Crippen molar-refractivity contribution in [1.29, 1.82) is 0 Å². The molecular formula is C9H9BrN4S. The summed E-state index contributed by atoms with van der Waals surface area (Å²) < 4.78 is 0.874. The number of fused-ring (bicyclic) bond motifs is 1. The first-order chi connectivity index (χ1) is 7.34. The molecule has 4 nitrogen and oxygen atoms in total. The highest BCUT2D eigenvalue weighted by Gasteiger charge is 2.18. The van der Waals surface area contributed by atoms with Crippen LogP contribution in [0.3, 0.4) is 0 Å². The van der Waals surface area contributed by atoms with Crippen molar-refractivity contribution in [2.75, 3.05) is 18.0 Å². The van der Waals surface area contributed by atoms with Crippen molar-refractivity contribution in [3.8, 4) is 0 Å². The molecule has 0 aromatic carbocycles. The van der Waals surface area contributed by atoms with Gasteiger partial charge in [-0.3, -0.25) is 0 Å². The number of halogens is 1. The molecule has 1 aliphatic heterocycles. The van der Waals surface area contributed by atoms with Crippen LogP contribution in [-0.4, -0.2) is 28.0 Å². The number of thiazole rings is 1. The van der Waals surface area contributed by atoms with Crippen LogP contribution in [0.2, 0.25) is 0 Å². The molecule has 0 amide bonds. The monoisotopic (exact) mass is 284 g/mol. The van der Waals surface area contributed by atoms with Crippen molar-refractivity contribution in [2.45, 2.75) is 12.8 Å². The van der Waals surface area contributed by atoms with Gasteiger partial charge in [0.05, 0.1) is 0 Å². The Bertz CT molecular complexity index is 492. The van der Waals surface area contributed by atoms with E-state index >= 15 is 0 Å². The lowest BCUT2D eigenvalue weighted by Crippen LogP contribution is -2.19. The molecule has 3 heterocycles. The van der Waals surface area contributed by atoms with E-state index in [9.17, 15) is 0 Å². The highest BCUT2D eigenvalue weighted by Crippen LogP contribution is 2.30. The molecule has 15 heavy (non-hydrogen) atoms. The lowest BCUT2D eigenvalue weighted by atomic mass is 10.4. The molecule has 0 unspecified atom stereocenters. The maximum Gasteiger partial charge on any atom is 0.161 e. The van der Waals surface area contributed by atoms with Gasteiger partial charge in [0.2, 0.25) is 0 Å². The second-order valence-corrected chi connectivity index (χ2v) is 5.77. The Kier molecular flexibility index (Phi) is 2.32. The molecule has 1 fully saturated rings. The first kappa shape index (κ1) is 9.47. The molecule has 0 atom stereocenters. The number of rotatable bonds is 1. The van der Waals surface area contributed by atoms with Gasteiger partial charge in [0.1, 0.15) is 16.7 Å². The molecule has 0 N–H and O–H groups in total. The first-order valence-electron chi connectivity index (χ1n) is 4.86. The summed E-state index contributed by atoms with van der Waals surface area (Å²) in [6.45, 7) is 2.17. The van der Waals surface area contributed by atoms with Gasteiger partial charge in [0.25, 0.3) is 0 Å². The van der Waals surface area contributed by atoms with Crippen LogP contribution >= 0.6 is 27.3 Å². The summed E-state index contributed by atoms with van der Waals surface area (Å²) in [5.74, 6) is 0.986. The predicted molar refractivity (Wildman–Crippen MR) is 64.4 cm³/mol. The van der Waals surface area contributed by atoms with Gasteiger partial charge in [-0.05, 0) is 28.8 Å². The van der Waals surface area contributed by atoms with Gasteiger partial charge in [-0.15, -0.1) is 0 Å². The quantitative estimate of drug-likeness (QED) is 0.807. The smallest absolute Gasteiger partial charge is 0.161 e. The molecule has 78 valence electrons. The Morgan fingerprint density at radius 3 is 2.87 bits per heavy atom. The van der Waals surface area contributed by atoms with Crippen LogP contribution in [0.4, 0.5) is 5.82 Å². The van der Waals surface area contributed by atoms with Crippen LogP contribution in [0.15, 0.2) is 10.2 Å². The zero-order chi connectivity index (χ0) is 10.3. The van der Waals surface area contributed by atoms with Gasteiger partial charge >= 0.3 is 0 Å². The Balaban J connectivity index is 2.16. The normalized spacial score (nSPS) is 16.5. The molecule has 1 aliphatic rings. The maximum atomic E-state index is 4.43. The van der Waals surface area contributed by atoms with E-state index < -0.39 is 0 Å². The van der Waals surface area contributed by atoms with Gasteiger partial charge in [0, 0.05) is 13.1 Å². The molecule has 0 spiro atoms. The fourth-order valence-electron chi connectivity index (χ4n) is 1.88. The molecule has 6 heteroatoms. The summed E-state index contributed by atoms with van der Waals surface area (Å²) in [6, 6.07) is 0. The van der Waals surface area contributed by atoms with Crippen molar-refractivity contribution in [3.63, 3.8) is 0 Å². The molecule has 1 saturated heterocycles. The number of hydrogen-bond acceptors (Lipinski definition) is 5. The second kappa shape index (κ2) is 3.68. The van der Waals surface area contributed by atoms with Gasteiger partial charge in [-0.25, -0.2) is 15.0 Å². The zero-order valence-corrected chi connectivity index (χ0v) is 10.4. The van der Waals surface area contributed by atoms with Crippen LogP contribution in [0.1, 0.15) is 12.8 Å². The van der Waals surface area contributed by atoms with Crippen molar-refractivity contribution in [1.82, 2.24) is 15.0 Å². The Labute approximate surface area is 99.5 Å². The number of hydrogen-bond donors (Lipinski definition) is 0. The van der Waals surface area contributed by atoms with Crippen LogP contribution in [0.25, 0.3) is 10.3 Å². The van der Waals surface area contributed by atoms with Crippen LogP contribution in [0, 0.1) is 0 Å². The molecule has 0 aliphatic carbocycles. The van der Waals surface area contributed by atoms with Gasteiger partial charge in [-0.2, -0.15) is 0 Å². The molecule has 0 bridgehead atoms. The third kappa shape index (κ3) is 1.61. The molecule has 0 saturated carbocycles. The number of aromatic nitrogens is 3. The van der Waals surface area contributed by atoms with Crippen molar-refractivity contribution < 1.29 is 0 Å². The van der Waals surface area contributed by atoms with Crippen LogP contribution in [0.5, 0.6) is 0 Å². The summed E-state index contributed by atoms with van der Waals surface area (Å²) in [5, 5.41) is 0. The topological polar surface area (TPSA) is 41.9 Å². The Morgan fingerprint density at radius 1 is 1.27 bits per heavy atom. The van der Waals surface area contributed by atoms with E-state index in [4.69, 9.17) is 0 Å². The highest BCUT2D eigenvalue weighted by molar-refractivity contribution is 9.11. The fourth-order valence-corrected chi connectivity index (χ4v) is 3.14. The molecular weight excluding hydrogens is 276 g/mol. The van der Waals surface area contributed by atoms with E-state index in [1.165, 1.54) is 12.8 Å². The average molecular weight is 285 g/mol. The summed E-state index contributed by atoms with van der Waals surface area (Å²) in [4.78, 5) is 16.2. The first-order valence-corrected chi connectivity index (χ1v) is 6.47. The second-order valence-electron chi connectivity index (χ2n) is 3.51. The summed E-state index contributed by atoms with van der Waals surface area (Å²) >= 11 is 4.94. The number of anilines is 1. The molecule has 2 aromatic rings. The van der Waals surface area contributed by atoms with Crippen LogP contribution < -0.4 is 4.90 Å².